The molecule has 1 aromatic heterocycles. The number of likely N-dealkylation sites (tertiary alicyclic amines) is 1. The van der Waals surface area contributed by atoms with Gasteiger partial charge < -0.3 is 5.73 Å². The van der Waals surface area contributed by atoms with Crippen LogP contribution in [0.1, 0.15) is 18.4 Å². The summed E-state index contributed by atoms with van der Waals surface area (Å²) in [5.41, 5.74) is 8.36. The first-order valence-corrected chi connectivity index (χ1v) is 6.63. The predicted molar refractivity (Wildman–Crippen MR) is 74.2 cm³/mol. The van der Waals surface area contributed by atoms with Gasteiger partial charge in [-0.25, -0.2) is 0 Å². The number of hydrogen-bond acceptors (Lipinski definition) is 3. The molecule has 2 heterocycles. The predicted octanol–water partition coefficient (Wildman–Crippen LogP) is 2.16. The Balaban J connectivity index is 1.78. The first kappa shape index (κ1) is 11.6. The summed E-state index contributed by atoms with van der Waals surface area (Å²) in [7, 11) is 0. The Morgan fingerprint density at radius 1 is 1.33 bits per heavy atom. The van der Waals surface area contributed by atoms with Gasteiger partial charge in [0.15, 0.2) is 0 Å². The van der Waals surface area contributed by atoms with Crippen LogP contribution in [0.25, 0.3) is 10.9 Å². The number of rotatable bonds is 2. The number of benzene rings is 1. The lowest BCUT2D eigenvalue weighted by Crippen LogP contribution is -2.42. The van der Waals surface area contributed by atoms with E-state index in [4.69, 9.17) is 5.73 Å². The second-order valence-corrected chi connectivity index (χ2v) is 5.17. The van der Waals surface area contributed by atoms with Gasteiger partial charge in [-0.3, -0.25) is 9.88 Å². The number of para-hydroxylation sites is 1. The highest BCUT2D eigenvalue weighted by Crippen LogP contribution is 2.16. The van der Waals surface area contributed by atoms with Gasteiger partial charge in [0, 0.05) is 30.7 Å². The van der Waals surface area contributed by atoms with Crippen LogP contribution in [0.4, 0.5) is 0 Å². The fourth-order valence-electron chi connectivity index (χ4n) is 2.70. The lowest BCUT2D eigenvalue weighted by atomic mass is 10.1. The van der Waals surface area contributed by atoms with E-state index in [1.165, 1.54) is 17.4 Å². The molecule has 1 saturated heterocycles. The summed E-state index contributed by atoms with van der Waals surface area (Å²) < 4.78 is 0. The largest absolute Gasteiger partial charge is 0.327 e. The van der Waals surface area contributed by atoms with Crippen molar-refractivity contribution in [2.45, 2.75) is 25.4 Å². The van der Waals surface area contributed by atoms with Crippen molar-refractivity contribution in [3.63, 3.8) is 0 Å². The minimum Gasteiger partial charge on any atom is -0.327 e. The first-order valence-electron chi connectivity index (χ1n) is 6.63. The third-order valence-electron chi connectivity index (χ3n) is 3.60. The van der Waals surface area contributed by atoms with Crippen LogP contribution in [-0.2, 0) is 6.54 Å². The molecule has 2 aromatic rings. The third-order valence-corrected chi connectivity index (χ3v) is 3.60. The van der Waals surface area contributed by atoms with E-state index in [1.807, 2.05) is 12.3 Å². The van der Waals surface area contributed by atoms with Crippen LogP contribution >= 0.6 is 0 Å². The van der Waals surface area contributed by atoms with Gasteiger partial charge in [0.25, 0.3) is 0 Å². The molecule has 0 spiro atoms. The van der Waals surface area contributed by atoms with Crippen molar-refractivity contribution in [2.24, 2.45) is 5.73 Å². The standard InChI is InChI=1S/C15H19N3/c16-14-5-3-7-18(11-14)10-12-8-13-4-1-2-6-15(13)17-9-12/h1-2,4,6,8-9,14H,3,5,7,10-11,16H2. The molecule has 2 N–H and O–H groups in total. The zero-order chi connectivity index (χ0) is 12.4. The van der Waals surface area contributed by atoms with Crippen LogP contribution in [0.15, 0.2) is 36.5 Å². The molecule has 0 saturated carbocycles. The molecular weight excluding hydrogens is 222 g/mol. The monoisotopic (exact) mass is 241 g/mol. The van der Waals surface area contributed by atoms with E-state index in [0.717, 1.165) is 31.6 Å². The maximum absolute atomic E-state index is 6.01. The normalized spacial score (nSPS) is 21.3. The molecule has 1 atom stereocenters. The highest BCUT2D eigenvalue weighted by atomic mass is 15.1. The Kier molecular flexibility index (Phi) is 3.26. The molecule has 3 nitrogen and oxygen atoms in total. The highest BCUT2D eigenvalue weighted by molar-refractivity contribution is 5.78. The number of nitrogens with zero attached hydrogens (tertiary/aromatic N) is 2. The fourth-order valence-corrected chi connectivity index (χ4v) is 2.70. The van der Waals surface area contributed by atoms with Crippen LogP contribution in [0.3, 0.4) is 0 Å². The number of hydrogen-bond donors (Lipinski definition) is 1. The quantitative estimate of drug-likeness (QED) is 0.876. The van der Waals surface area contributed by atoms with Crippen molar-refractivity contribution in [2.75, 3.05) is 13.1 Å². The number of aromatic nitrogens is 1. The molecule has 1 unspecified atom stereocenters. The third kappa shape index (κ3) is 2.52. The summed E-state index contributed by atoms with van der Waals surface area (Å²) in [5.74, 6) is 0. The van der Waals surface area contributed by atoms with Crippen LogP contribution < -0.4 is 5.73 Å². The van der Waals surface area contributed by atoms with E-state index >= 15 is 0 Å². The Bertz CT molecular complexity index is 538. The van der Waals surface area contributed by atoms with E-state index in [-0.39, 0.29) is 0 Å². The molecule has 18 heavy (non-hydrogen) atoms. The topological polar surface area (TPSA) is 42.1 Å². The number of pyridine rings is 1. The van der Waals surface area contributed by atoms with Gasteiger partial charge >= 0.3 is 0 Å². The molecule has 0 amide bonds. The van der Waals surface area contributed by atoms with Gasteiger partial charge in [0.05, 0.1) is 5.52 Å². The van der Waals surface area contributed by atoms with Crippen molar-refractivity contribution < 1.29 is 0 Å². The summed E-state index contributed by atoms with van der Waals surface area (Å²) in [6.45, 7) is 3.12. The summed E-state index contributed by atoms with van der Waals surface area (Å²) in [4.78, 5) is 6.94. The SMILES string of the molecule is NC1CCCN(Cc2cnc3ccccc3c2)C1. The summed E-state index contributed by atoms with van der Waals surface area (Å²) in [6.07, 6.45) is 4.36. The van der Waals surface area contributed by atoms with Gasteiger partial charge in [-0.15, -0.1) is 0 Å². The van der Waals surface area contributed by atoms with E-state index in [0.29, 0.717) is 6.04 Å². The van der Waals surface area contributed by atoms with Gasteiger partial charge in [0.1, 0.15) is 0 Å². The molecule has 1 fully saturated rings. The van der Waals surface area contributed by atoms with Gasteiger partial charge in [-0.1, -0.05) is 18.2 Å². The molecule has 0 bridgehead atoms. The number of nitrogens with two attached hydrogens (primary N) is 1. The summed E-state index contributed by atoms with van der Waals surface area (Å²) in [6, 6.07) is 10.8. The number of fused-ring (bicyclic) bond motifs is 1. The Labute approximate surface area is 108 Å². The minimum atomic E-state index is 0.340. The molecule has 0 radical (unpaired) electrons. The van der Waals surface area contributed by atoms with Crippen LogP contribution in [-0.4, -0.2) is 29.0 Å². The zero-order valence-electron chi connectivity index (χ0n) is 10.5. The van der Waals surface area contributed by atoms with E-state index < -0.39 is 0 Å². The van der Waals surface area contributed by atoms with Crippen molar-refractivity contribution in [1.29, 1.82) is 0 Å². The van der Waals surface area contributed by atoms with Crippen molar-refractivity contribution in [1.82, 2.24) is 9.88 Å². The van der Waals surface area contributed by atoms with Gasteiger partial charge in [0.2, 0.25) is 0 Å². The van der Waals surface area contributed by atoms with Crippen molar-refractivity contribution in [3.8, 4) is 0 Å². The Morgan fingerprint density at radius 3 is 3.11 bits per heavy atom. The van der Waals surface area contributed by atoms with Crippen LogP contribution in [0.2, 0.25) is 0 Å². The van der Waals surface area contributed by atoms with Gasteiger partial charge in [-0.05, 0) is 37.1 Å². The molecule has 1 aromatic carbocycles. The Hall–Kier alpha value is -1.45. The minimum absolute atomic E-state index is 0.340. The van der Waals surface area contributed by atoms with Crippen LogP contribution in [0, 0.1) is 0 Å². The summed E-state index contributed by atoms with van der Waals surface area (Å²) >= 11 is 0. The zero-order valence-corrected chi connectivity index (χ0v) is 10.5. The molecule has 3 heteroatoms. The summed E-state index contributed by atoms with van der Waals surface area (Å²) in [5, 5.41) is 1.22. The van der Waals surface area contributed by atoms with Crippen molar-refractivity contribution >= 4 is 10.9 Å². The fraction of sp³-hybridized carbons (Fsp3) is 0.400. The second-order valence-electron chi connectivity index (χ2n) is 5.17. The van der Waals surface area contributed by atoms with Gasteiger partial charge in [-0.2, -0.15) is 0 Å². The lowest BCUT2D eigenvalue weighted by molar-refractivity contribution is 0.201. The molecular formula is C15H19N3. The van der Waals surface area contributed by atoms with E-state index in [1.54, 1.807) is 0 Å². The smallest absolute Gasteiger partial charge is 0.0702 e. The molecule has 1 aliphatic heterocycles. The Morgan fingerprint density at radius 2 is 2.22 bits per heavy atom. The first-order chi connectivity index (χ1) is 8.81. The van der Waals surface area contributed by atoms with E-state index in [2.05, 4.69) is 34.1 Å². The molecule has 1 aliphatic rings. The maximum Gasteiger partial charge on any atom is 0.0702 e. The lowest BCUT2D eigenvalue weighted by Gasteiger charge is -2.30. The van der Waals surface area contributed by atoms with Crippen molar-refractivity contribution in [3.05, 3.63) is 42.1 Å². The highest BCUT2D eigenvalue weighted by Gasteiger charge is 2.16. The number of piperidine rings is 1. The molecule has 3 rings (SSSR count). The van der Waals surface area contributed by atoms with Crippen LogP contribution in [0.5, 0.6) is 0 Å². The molecule has 94 valence electrons. The average molecular weight is 241 g/mol. The average Bonchev–Trinajstić information content (AvgIpc) is 2.39. The second kappa shape index (κ2) is 5.04. The molecule has 0 aliphatic carbocycles. The van der Waals surface area contributed by atoms with E-state index in [9.17, 15) is 0 Å². The maximum atomic E-state index is 6.01.